The normalized spacial score (nSPS) is 28.0. The smallest absolute Gasteiger partial charge is 0.228 e. The lowest BCUT2D eigenvalue weighted by Crippen LogP contribution is -2.50. The van der Waals surface area contributed by atoms with Crippen LogP contribution in [-0.4, -0.2) is 48.5 Å². The minimum Gasteiger partial charge on any atom is -0.341 e. The Labute approximate surface area is 109 Å². The largest absolute Gasteiger partial charge is 0.341 e. The van der Waals surface area contributed by atoms with Gasteiger partial charge in [0.2, 0.25) is 5.91 Å². The van der Waals surface area contributed by atoms with Gasteiger partial charge in [-0.15, -0.1) is 0 Å². The van der Waals surface area contributed by atoms with Crippen molar-refractivity contribution in [1.82, 2.24) is 10.2 Å². The predicted octanol–water partition coefficient (Wildman–Crippen LogP) is 1.73. The van der Waals surface area contributed by atoms with E-state index in [9.17, 15) is 4.79 Å². The molecule has 0 aromatic heterocycles. The summed E-state index contributed by atoms with van der Waals surface area (Å²) in [4.78, 5) is 14.8. The molecule has 2 fully saturated rings. The van der Waals surface area contributed by atoms with Crippen LogP contribution in [0.5, 0.6) is 0 Å². The second-order valence-corrected chi connectivity index (χ2v) is 6.47. The number of hydrogen-bond donors (Lipinski definition) is 1. The number of rotatable bonds is 3. The molecule has 0 radical (unpaired) electrons. The summed E-state index contributed by atoms with van der Waals surface area (Å²) in [6, 6.07) is 0.478. The number of thioether (sulfide) groups is 1. The lowest BCUT2D eigenvalue weighted by molar-refractivity contribution is -0.144. The van der Waals surface area contributed by atoms with Crippen LogP contribution in [0.15, 0.2) is 0 Å². The second kappa shape index (κ2) is 5.61. The fourth-order valence-electron chi connectivity index (χ4n) is 2.99. The van der Waals surface area contributed by atoms with Crippen molar-refractivity contribution >= 4 is 17.7 Å². The van der Waals surface area contributed by atoms with Crippen LogP contribution >= 0.6 is 11.8 Å². The highest BCUT2D eigenvalue weighted by Gasteiger charge is 2.41. The van der Waals surface area contributed by atoms with E-state index in [-0.39, 0.29) is 5.41 Å². The van der Waals surface area contributed by atoms with Crippen molar-refractivity contribution in [1.29, 1.82) is 0 Å². The van der Waals surface area contributed by atoms with Crippen molar-refractivity contribution < 1.29 is 4.79 Å². The van der Waals surface area contributed by atoms with E-state index in [0.29, 0.717) is 11.9 Å². The first kappa shape index (κ1) is 13.2. The topological polar surface area (TPSA) is 32.3 Å². The summed E-state index contributed by atoms with van der Waals surface area (Å²) in [5.41, 5.74) is -0.0761. The molecular formula is C13H24N2OS. The molecule has 0 aromatic carbocycles. The van der Waals surface area contributed by atoms with Gasteiger partial charge in [-0.05, 0) is 44.5 Å². The van der Waals surface area contributed by atoms with Gasteiger partial charge in [-0.1, -0.05) is 6.92 Å². The summed E-state index contributed by atoms with van der Waals surface area (Å²) >= 11 is 1.97. The quantitative estimate of drug-likeness (QED) is 0.834. The van der Waals surface area contributed by atoms with Crippen molar-refractivity contribution in [2.45, 2.75) is 38.6 Å². The monoisotopic (exact) mass is 256 g/mol. The molecule has 0 aromatic rings. The maximum Gasteiger partial charge on any atom is 0.228 e. The standard InChI is InChI=1S/C13H24N2OS/c1-3-13(5-7-14-8-6-13)12(16)15(2)11-4-9-17-10-11/h11,14H,3-10H2,1-2H3. The molecule has 3 nitrogen and oxygen atoms in total. The van der Waals surface area contributed by atoms with Gasteiger partial charge in [0.1, 0.15) is 0 Å². The zero-order valence-corrected chi connectivity index (χ0v) is 11.8. The highest BCUT2D eigenvalue weighted by molar-refractivity contribution is 7.99. The molecule has 1 N–H and O–H groups in total. The minimum atomic E-state index is -0.0761. The van der Waals surface area contributed by atoms with Crippen LogP contribution in [0.4, 0.5) is 0 Å². The third-order valence-corrected chi connectivity index (χ3v) is 5.61. The maximum atomic E-state index is 12.7. The average molecular weight is 256 g/mol. The first-order chi connectivity index (χ1) is 8.19. The molecule has 1 unspecified atom stereocenters. The third kappa shape index (κ3) is 2.63. The lowest BCUT2D eigenvalue weighted by atomic mass is 9.75. The van der Waals surface area contributed by atoms with Gasteiger partial charge in [0.15, 0.2) is 0 Å². The van der Waals surface area contributed by atoms with Crippen LogP contribution in [-0.2, 0) is 4.79 Å². The average Bonchev–Trinajstić information content (AvgIpc) is 2.91. The zero-order chi connectivity index (χ0) is 12.3. The summed E-state index contributed by atoms with van der Waals surface area (Å²) in [5.74, 6) is 2.73. The molecule has 2 aliphatic rings. The van der Waals surface area contributed by atoms with Crippen molar-refractivity contribution in [2.75, 3.05) is 31.6 Å². The molecular weight excluding hydrogens is 232 g/mol. The number of nitrogens with one attached hydrogen (secondary N) is 1. The van der Waals surface area contributed by atoms with Crippen LogP contribution in [0.1, 0.15) is 32.6 Å². The zero-order valence-electron chi connectivity index (χ0n) is 11.0. The number of carbonyl (C=O) groups is 1. The van der Waals surface area contributed by atoms with Crippen LogP contribution in [0, 0.1) is 5.41 Å². The van der Waals surface area contributed by atoms with Gasteiger partial charge >= 0.3 is 0 Å². The predicted molar refractivity (Wildman–Crippen MR) is 73.3 cm³/mol. The number of carbonyl (C=O) groups excluding carboxylic acids is 1. The fraction of sp³-hybridized carbons (Fsp3) is 0.923. The maximum absolute atomic E-state index is 12.7. The Balaban J connectivity index is 2.04. The molecule has 0 bridgehead atoms. The van der Waals surface area contributed by atoms with Crippen LogP contribution < -0.4 is 5.32 Å². The van der Waals surface area contributed by atoms with Gasteiger partial charge in [0.25, 0.3) is 0 Å². The van der Waals surface area contributed by atoms with Crippen LogP contribution in [0.3, 0.4) is 0 Å². The van der Waals surface area contributed by atoms with Gasteiger partial charge < -0.3 is 10.2 Å². The van der Waals surface area contributed by atoms with E-state index in [2.05, 4.69) is 17.1 Å². The van der Waals surface area contributed by atoms with Crippen molar-refractivity contribution in [2.24, 2.45) is 5.41 Å². The van der Waals surface area contributed by atoms with Gasteiger partial charge in [0.05, 0.1) is 5.41 Å². The minimum absolute atomic E-state index is 0.0761. The van der Waals surface area contributed by atoms with Crippen LogP contribution in [0.2, 0.25) is 0 Å². The number of hydrogen-bond acceptors (Lipinski definition) is 3. The Hall–Kier alpha value is -0.220. The molecule has 1 amide bonds. The van der Waals surface area contributed by atoms with Crippen molar-refractivity contribution in [3.63, 3.8) is 0 Å². The molecule has 98 valence electrons. The van der Waals surface area contributed by atoms with E-state index in [1.807, 2.05) is 18.8 Å². The van der Waals surface area contributed by atoms with E-state index < -0.39 is 0 Å². The molecule has 17 heavy (non-hydrogen) atoms. The molecule has 0 saturated carbocycles. The molecule has 2 saturated heterocycles. The first-order valence-electron chi connectivity index (χ1n) is 6.75. The summed E-state index contributed by atoms with van der Waals surface area (Å²) in [5, 5.41) is 3.36. The summed E-state index contributed by atoms with van der Waals surface area (Å²) in [7, 11) is 2.01. The molecule has 0 spiro atoms. The van der Waals surface area contributed by atoms with Crippen molar-refractivity contribution in [3.05, 3.63) is 0 Å². The fourth-order valence-corrected chi connectivity index (χ4v) is 4.26. The first-order valence-corrected chi connectivity index (χ1v) is 7.91. The van der Waals surface area contributed by atoms with Gasteiger partial charge in [-0.3, -0.25) is 4.79 Å². The highest BCUT2D eigenvalue weighted by Crippen LogP contribution is 2.36. The van der Waals surface area contributed by atoms with E-state index in [1.165, 1.54) is 12.2 Å². The number of amides is 1. The van der Waals surface area contributed by atoms with Crippen molar-refractivity contribution in [3.8, 4) is 0 Å². The summed E-state index contributed by atoms with van der Waals surface area (Å²) < 4.78 is 0. The highest BCUT2D eigenvalue weighted by atomic mass is 32.2. The molecule has 2 rings (SSSR count). The third-order valence-electron chi connectivity index (χ3n) is 4.46. The Morgan fingerprint density at radius 1 is 1.47 bits per heavy atom. The van der Waals surface area contributed by atoms with Gasteiger partial charge in [-0.2, -0.15) is 11.8 Å². The molecule has 2 aliphatic heterocycles. The summed E-state index contributed by atoms with van der Waals surface area (Å²) in [6.07, 6.45) is 4.17. The van der Waals surface area contributed by atoms with E-state index in [0.717, 1.165) is 38.1 Å². The van der Waals surface area contributed by atoms with E-state index >= 15 is 0 Å². The Morgan fingerprint density at radius 2 is 2.18 bits per heavy atom. The Bertz CT molecular complexity index is 271. The molecule has 0 aliphatic carbocycles. The van der Waals surface area contributed by atoms with Crippen LogP contribution in [0.25, 0.3) is 0 Å². The Morgan fingerprint density at radius 3 is 2.71 bits per heavy atom. The molecule has 2 heterocycles. The number of nitrogens with zero attached hydrogens (tertiary/aromatic N) is 1. The lowest BCUT2D eigenvalue weighted by Gasteiger charge is -2.40. The second-order valence-electron chi connectivity index (χ2n) is 5.32. The molecule has 4 heteroatoms. The van der Waals surface area contributed by atoms with E-state index in [1.54, 1.807) is 0 Å². The summed E-state index contributed by atoms with van der Waals surface area (Å²) in [6.45, 7) is 4.15. The van der Waals surface area contributed by atoms with E-state index in [4.69, 9.17) is 0 Å². The number of piperidine rings is 1. The molecule has 1 atom stereocenters. The Kier molecular flexibility index (Phi) is 4.36. The SMILES string of the molecule is CCC1(C(=O)N(C)C2CCSC2)CCNCC1. The van der Waals surface area contributed by atoms with Gasteiger partial charge in [0, 0.05) is 18.8 Å². The van der Waals surface area contributed by atoms with Gasteiger partial charge in [-0.25, -0.2) is 0 Å².